The zero-order valence-electron chi connectivity index (χ0n) is 16.5. The van der Waals surface area contributed by atoms with Crippen molar-refractivity contribution in [3.8, 4) is 28.4 Å². The van der Waals surface area contributed by atoms with Gasteiger partial charge in [0, 0.05) is 23.9 Å². The number of furan rings is 1. The highest BCUT2D eigenvalue weighted by molar-refractivity contribution is 5.64. The molecule has 3 heterocycles. The average Bonchev–Trinajstić information content (AvgIpc) is 3.42. The van der Waals surface area contributed by atoms with Gasteiger partial charge in [0.15, 0.2) is 11.6 Å². The molecule has 1 aromatic carbocycles. The molecule has 4 rings (SSSR count). The molecule has 0 saturated carbocycles. The molecule has 3 aromatic heterocycles. The minimum atomic E-state index is -0.251. The molecule has 0 radical (unpaired) electrons. The normalized spacial score (nSPS) is 11.3. The quantitative estimate of drug-likeness (QED) is 0.436. The van der Waals surface area contributed by atoms with Gasteiger partial charge in [-0.1, -0.05) is 26.0 Å². The minimum Gasteiger partial charge on any atom is -0.463 e. The van der Waals surface area contributed by atoms with Gasteiger partial charge in [-0.3, -0.25) is 4.90 Å². The Morgan fingerprint density at radius 2 is 1.72 bits per heavy atom. The Balaban J connectivity index is 1.71. The second-order valence-corrected chi connectivity index (χ2v) is 6.78. The summed E-state index contributed by atoms with van der Waals surface area (Å²) >= 11 is 0. The molecule has 0 unspecified atom stereocenters. The Morgan fingerprint density at radius 3 is 2.34 bits per heavy atom. The lowest BCUT2D eigenvalue weighted by Gasteiger charge is -2.17. The smallest absolute Gasteiger partial charge is 0.154 e. The van der Waals surface area contributed by atoms with Crippen LogP contribution in [0.25, 0.3) is 28.4 Å². The molecule has 0 aliphatic heterocycles. The second kappa shape index (κ2) is 8.41. The van der Waals surface area contributed by atoms with Gasteiger partial charge in [-0.15, -0.1) is 0 Å². The topological polar surface area (TPSA) is 47.1 Å². The van der Waals surface area contributed by atoms with Crippen molar-refractivity contribution in [3.63, 3.8) is 0 Å². The van der Waals surface area contributed by atoms with Crippen LogP contribution in [-0.4, -0.2) is 32.8 Å². The summed E-state index contributed by atoms with van der Waals surface area (Å²) in [5.41, 5.74) is 3.83. The first-order valence-corrected chi connectivity index (χ1v) is 9.75. The van der Waals surface area contributed by atoms with Gasteiger partial charge in [0.25, 0.3) is 0 Å². The molecular weight excluding hydrogens is 367 g/mol. The van der Waals surface area contributed by atoms with E-state index in [1.807, 2.05) is 35.1 Å². The molecule has 0 saturated heterocycles. The second-order valence-electron chi connectivity index (χ2n) is 6.78. The molecule has 0 N–H and O–H groups in total. The average molecular weight is 390 g/mol. The van der Waals surface area contributed by atoms with Gasteiger partial charge in [-0.25, -0.2) is 14.1 Å². The van der Waals surface area contributed by atoms with Crippen molar-refractivity contribution < 1.29 is 8.81 Å². The van der Waals surface area contributed by atoms with Crippen molar-refractivity contribution in [2.24, 2.45) is 0 Å². The van der Waals surface area contributed by atoms with Gasteiger partial charge in [-0.2, -0.15) is 5.10 Å². The summed E-state index contributed by atoms with van der Waals surface area (Å²) in [7, 11) is 0. The standard InChI is InChI=1S/C23H23FN4O/c1-3-27(4-2)16-19-15-26-28(23(19)21-6-5-13-29-21)22-12-9-18(14-25-22)17-7-10-20(24)11-8-17/h5-15H,3-4,16H2,1-2H3. The lowest BCUT2D eigenvalue weighted by atomic mass is 10.1. The Hall–Kier alpha value is -3.25. The van der Waals surface area contributed by atoms with E-state index >= 15 is 0 Å². The van der Waals surface area contributed by atoms with Crippen molar-refractivity contribution in [2.45, 2.75) is 20.4 Å². The number of nitrogens with zero attached hydrogens (tertiary/aromatic N) is 4. The summed E-state index contributed by atoms with van der Waals surface area (Å²) < 4.78 is 20.7. The van der Waals surface area contributed by atoms with Crippen molar-refractivity contribution in [1.82, 2.24) is 19.7 Å². The SMILES string of the molecule is CCN(CC)Cc1cnn(-c2ccc(-c3ccc(F)cc3)cn2)c1-c1ccco1. The summed E-state index contributed by atoms with van der Waals surface area (Å²) in [6.45, 7) is 7.01. The van der Waals surface area contributed by atoms with Gasteiger partial charge in [0.2, 0.25) is 0 Å². The number of halogens is 1. The molecule has 0 bridgehead atoms. The predicted octanol–water partition coefficient (Wildman–Crippen LogP) is 5.18. The lowest BCUT2D eigenvalue weighted by molar-refractivity contribution is 0.296. The van der Waals surface area contributed by atoms with Crippen LogP contribution in [0.5, 0.6) is 0 Å². The highest BCUT2D eigenvalue weighted by atomic mass is 19.1. The highest BCUT2D eigenvalue weighted by Crippen LogP contribution is 2.28. The predicted molar refractivity (Wildman–Crippen MR) is 111 cm³/mol. The fourth-order valence-electron chi connectivity index (χ4n) is 3.36. The number of rotatable bonds is 7. The number of benzene rings is 1. The monoisotopic (exact) mass is 390 g/mol. The zero-order valence-corrected chi connectivity index (χ0v) is 16.5. The third kappa shape index (κ3) is 3.98. The molecule has 4 aromatic rings. The molecule has 5 nitrogen and oxygen atoms in total. The van der Waals surface area contributed by atoms with E-state index in [1.165, 1.54) is 12.1 Å². The van der Waals surface area contributed by atoms with Gasteiger partial charge in [0.05, 0.1) is 12.5 Å². The van der Waals surface area contributed by atoms with Crippen molar-refractivity contribution in [1.29, 1.82) is 0 Å². The van der Waals surface area contributed by atoms with Crippen molar-refractivity contribution >= 4 is 0 Å². The van der Waals surface area contributed by atoms with Gasteiger partial charge < -0.3 is 4.42 Å². The Morgan fingerprint density at radius 1 is 0.966 bits per heavy atom. The van der Waals surface area contributed by atoms with Crippen LogP contribution >= 0.6 is 0 Å². The lowest BCUT2D eigenvalue weighted by Crippen LogP contribution is -2.22. The summed E-state index contributed by atoms with van der Waals surface area (Å²) in [4.78, 5) is 6.93. The van der Waals surface area contributed by atoms with Gasteiger partial charge >= 0.3 is 0 Å². The molecule has 0 aliphatic rings. The maximum atomic E-state index is 13.2. The summed E-state index contributed by atoms with van der Waals surface area (Å²) in [5, 5.41) is 4.60. The van der Waals surface area contributed by atoms with Gasteiger partial charge in [0.1, 0.15) is 11.5 Å². The van der Waals surface area contributed by atoms with E-state index in [4.69, 9.17) is 4.42 Å². The van der Waals surface area contributed by atoms with Crippen LogP contribution in [0.15, 0.2) is 71.6 Å². The van der Waals surface area contributed by atoms with E-state index in [0.717, 1.165) is 47.8 Å². The molecule has 29 heavy (non-hydrogen) atoms. The van der Waals surface area contributed by atoms with E-state index in [9.17, 15) is 4.39 Å². The van der Waals surface area contributed by atoms with Crippen molar-refractivity contribution in [2.75, 3.05) is 13.1 Å². The number of aromatic nitrogens is 3. The molecule has 148 valence electrons. The number of pyridine rings is 1. The first-order chi connectivity index (χ1) is 14.2. The van der Waals surface area contributed by atoms with E-state index in [-0.39, 0.29) is 5.82 Å². The van der Waals surface area contributed by atoms with Gasteiger partial charge in [-0.05, 0) is 55.1 Å². The molecule has 0 atom stereocenters. The summed E-state index contributed by atoms with van der Waals surface area (Å²) in [6, 6.07) is 14.1. The zero-order chi connectivity index (χ0) is 20.2. The van der Waals surface area contributed by atoms with Crippen LogP contribution in [0.2, 0.25) is 0 Å². The Labute approximate surface area is 169 Å². The summed E-state index contributed by atoms with van der Waals surface area (Å²) in [6.07, 6.45) is 5.32. The maximum absolute atomic E-state index is 13.2. The molecular formula is C23H23FN4O. The minimum absolute atomic E-state index is 0.251. The molecule has 0 amide bonds. The fraction of sp³-hybridized carbons (Fsp3) is 0.217. The Bertz CT molecular complexity index is 1050. The first kappa shape index (κ1) is 19.1. The van der Waals surface area contributed by atoms with E-state index in [1.54, 1.807) is 24.6 Å². The largest absolute Gasteiger partial charge is 0.463 e. The number of hydrogen-bond acceptors (Lipinski definition) is 4. The molecule has 0 aliphatic carbocycles. The maximum Gasteiger partial charge on any atom is 0.154 e. The number of hydrogen-bond donors (Lipinski definition) is 0. The van der Waals surface area contributed by atoms with Crippen LogP contribution in [0, 0.1) is 5.82 Å². The first-order valence-electron chi connectivity index (χ1n) is 9.75. The van der Waals surface area contributed by atoms with E-state index in [0.29, 0.717) is 5.82 Å². The third-order valence-electron chi connectivity index (χ3n) is 5.03. The van der Waals surface area contributed by atoms with Crippen LogP contribution in [0.1, 0.15) is 19.4 Å². The summed E-state index contributed by atoms with van der Waals surface area (Å²) in [5.74, 6) is 1.21. The highest BCUT2D eigenvalue weighted by Gasteiger charge is 2.19. The van der Waals surface area contributed by atoms with Crippen molar-refractivity contribution in [3.05, 3.63) is 78.6 Å². The molecule has 0 spiro atoms. The molecule has 6 heteroatoms. The third-order valence-corrected chi connectivity index (χ3v) is 5.03. The van der Waals surface area contributed by atoms with E-state index < -0.39 is 0 Å². The fourth-order valence-corrected chi connectivity index (χ4v) is 3.36. The van der Waals surface area contributed by atoms with E-state index in [2.05, 4.69) is 28.8 Å². The van der Waals surface area contributed by atoms with Crippen LogP contribution in [0.3, 0.4) is 0 Å². The Kier molecular flexibility index (Phi) is 5.53. The van der Waals surface area contributed by atoms with Crippen LogP contribution in [-0.2, 0) is 6.54 Å². The van der Waals surface area contributed by atoms with Crippen LogP contribution < -0.4 is 0 Å². The van der Waals surface area contributed by atoms with Crippen LogP contribution in [0.4, 0.5) is 4.39 Å². The molecule has 0 fully saturated rings.